The number of nitrogens with zero attached hydrogens (tertiary/aromatic N) is 1. The van der Waals surface area contributed by atoms with E-state index in [1.165, 1.54) is 0 Å². The molecule has 0 atom stereocenters. The van der Waals surface area contributed by atoms with E-state index in [4.69, 9.17) is 15.1 Å². The number of aliphatic carboxylic acids is 1. The summed E-state index contributed by atoms with van der Waals surface area (Å²) in [4.78, 5) is 11.0. The molecular weight excluding hydrogens is 218 g/mol. The molecule has 0 aliphatic rings. The van der Waals surface area contributed by atoms with Gasteiger partial charge in [0.2, 0.25) is 0 Å². The van der Waals surface area contributed by atoms with Gasteiger partial charge in [-0.3, -0.25) is 0 Å². The van der Waals surface area contributed by atoms with E-state index in [9.17, 15) is 4.79 Å². The van der Waals surface area contributed by atoms with E-state index in [2.05, 4.69) is 0 Å². The van der Waals surface area contributed by atoms with Crippen molar-refractivity contribution in [3.63, 3.8) is 0 Å². The maximum atomic E-state index is 11.0. The van der Waals surface area contributed by atoms with E-state index in [-0.39, 0.29) is 12.0 Å². The van der Waals surface area contributed by atoms with E-state index in [0.717, 1.165) is 5.56 Å². The Labute approximate surface area is 99.8 Å². The number of rotatable bonds is 4. The van der Waals surface area contributed by atoms with Gasteiger partial charge in [-0.15, -0.1) is 0 Å². The Morgan fingerprint density at radius 3 is 2.41 bits per heavy atom. The number of hydrogen-bond acceptors (Lipinski definition) is 3. The van der Waals surface area contributed by atoms with Crippen LogP contribution in [-0.4, -0.2) is 18.2 Å². The van der Waals surface area contributed by atoms with Crippen LogP contribution in [0.3, 0.4) is 0 Å². The summed E-state index contributed by atoms with van der Waals surface area (Å²) in [5, 5.41) is 17.6. The molecule has 0 spiro atoms. The van der Waals surface area contributed by atoms with Crippen molar-refractivity contribution in [3.8, 4) is 11.8 Å². The molecule has 0 amide bonds. The average Bonchev–Trinajstić information content (AvgIpc) is 2.35. The van der Waals surface area contributed by atoms with Crippen molar-refractivity contribution in [2.45, 2.75) is 13.3 Å². The lowest BCUT2D eigenvalue weighted by Crippen LogP contribution is -2.02. The maximum Gasteiger partial charge on any atom is 0.332 e. The number of ether oxygens (including phenoxy) is 1. The van der Waals surface area contributed by atoms with Crippen molar-refractivity contribution in [2.75, 3.05) is 7.11 Å². The van der Waals surface area contributed by atoms with Crippen molar-refractivity contribution in [1.82, 2.24) is 0 Å². The Balaban J connectivity index is 3.15. The van der Waals surface area contributed by atoms with Crippen LogP contribution in [0, 0.1) is 11.3 Å². The van der Waals surface area contributed by atoms with Gasteiger partial charge in [0, 0.05) is 0 Å². The van der Waals surface area contributed by atoms with Crippen LogP contribution in [-0.2, 0) is 4.79 Å². The van der Waals surface area contributed by atoms with Crippen LogP contribution in [0.2, 0.25) is 0 Å². The van der Waals surface area contributed by atoms with Crippen LogP contribution < -0.4 is 4.74 Å². The summed E-state index contributed by atoms with van der Waals surface area (Å²) in [6.07, 6.45) is -0.104. The van der Waals surface area contributed by atoms with Crippen LogP contribution >= 0.6 is 0 Å². The predicted molar refractivity (Wildman–Crippen MR) is 63.5 cm³/mol. The molecule has 0 saturated heterocycles. The van der Waals surface area contributed by atoms with Gasteiger partial charge in [0.15, 0.2) is 0 Å². The zero-order chi connectivity index (χ0) is 12.8. The van der Waals surface area contributed by atoms with E-state index < -0.39 is 5.97 Å². The van der Waals surface area contributed by atoms with Gasteiger partial charge in [0.05, 0.1) is 25.2 Å². The minimum absolute atomic E-state index is 0.104. The average molecular weight is 231 g/mol. The minimum atomic E-state index is -1.06. The lowest BCUT2D eigenvalue weighted by molar-refractivity contribution is -0.132. The van der Waals surface area contributed by atoms with Gasteiger partial charge in [-0.25, -0.2) is 4.79 Å². The number of allylic oxidation sites excluding steroid dienone is 1. The molecule has 1 aromatic carbocycles. The molecule has 1 rings (SSSR count). The first-order chi connectivity index (χ1) is 8.10. The molecule has 1 aromatic rings. The number of hydrogen-bond donors (Lipinski definition) is 1. The van der Waals surface area contributed by atoms with Gasteiger partial charge < -0.3 is 9.84 Å². The Morgan fingerprint density at radius 1 is 1.41 bits per heavy atom. The summed E-state index contributed by atoms with van der Waals surface area (Å²) in [7, 11) is 1.57. The van der Waals surface area contributed by atoms with Crippen LogP contribution in [0.5, 0.6) is 5.75 Å². The lowest BCUT2D eigenvalue weighted by Gasteiger charge is -2.07. The lowest BCUT2D eigenvalue weighted by atomic mass is 9.99. The molecule has 4 nitrogen and oxygen atoms in total. The standard InChI is InChI=1S/C13H13NO3/c1-9(12(7-8-14)13(15)16)10-3-5-11(17-2)6-4-10/h3-6H,7H2,1-2H3,(H,15,16). The largest absolute Gasteiger partial charge is 0.497 e. The number of carboxylic acids is 1. The number of benzene rings is 1. The molecule has 0 saturated carbocycles. The van der Waals surface area contributed by atoms with E-state index in [1.54, 1.807) is 38.3 Å². The highest BCUT2D eigenvalue weighted by Crippen LogP contribution is 2.22. The van der Waals surface area contributed by atoms with Crippen LogP contribution in [0.1, 0.15) is 18.9 Å². The highest BCUT2D eigenvalue weighted by Gasteiger charge is 2.12. The Bertz CT molecular complexity index is 480. The SMILES string of the molecule is COc1ccc(C(C)=C(CC#N)C(=O)O)cc1. The third-order valence-corrected chi connectivity index (χ3v) is 2.49. The van der Waals surface area contributed by atoms with Crippen LogP contribution in [0.15, 0.2) is 29.8 Å². The number of carboxylic acid groups (broad SMARTS) is 1. The van der Waals surface area contributed by atoms with Crippen molar-refractivity contribution < 1.29 is 14.6 Å². The zero-order valence-electron chi connectivity index (χ0n) is 9.73. The van der Waals surface area contributed by atoms with Crippen molar-refractivity contribution in [1.29, 1.82) is 5.26 Å². The fraction of sp³-hybridized carbons (Fsp3) is 0.231. The Morgan fingerprint density at radius 2 is 2.00 bits per heavy atom. The summed E-state index contributed by atoms with van der Waals surface area (Å²) in [6.45, 7) is 1.70. The predicted octanol–water partition coefficient (Wildman–Crippen LogP) is 2.47. The number of methoxy groups -OCH3 is 1. The summed E-state index contributed by atoms with van der Waals surface area (Å²) in [6, 6.07) is 8.91. The topological polar surface area (TPSA) is 70.3 Å². The zero-order valence-corrected chi connectivity index (χ0v) is 9.73. The third-order valence-electron chi connectivity index (χ3n) is 2.49. The molecule has 4 heteroatoms. The quantitative estimate of drug-likeness (QED) is 0.808. The molecule has 88 valence electrons. The van der Waals surface area contributed by atoms with E-state index in [1.807, 2.05) is 6.07 Å². The normalized spacial score (nSPS) is 11.4. The summed E-state index contributed by atoms with van der Waals surface area (Å²) in [5.41, 5.74) is 1.50. The van der Waals surface area contributed by atoms with E-state index >= 15 is 0 Å². The molecule has 0 heterocycles. The van der Waals surface area contributed by atoms with Crippen molar-refractivity contribution in [3.05, 3.63) is 35.4 Å². The number of carbonyl (C=O) groups is 1. The molecule has 17 heavy (non-hydrogen) atoms. The fourth-order valence-corrected chi connectivity index (χ4v) is 1.46. The van der Waals surface area contributed by atoms with Gasteiger partial charge in [-0.05, 0) is 30.2 Å². The maximum absolute atomic E-state index is 11.0. The second kappa shape index (κ2) is 5.71. The first kappa shape index (κ1) is 12.8. The Hall–Kier alpha value is -2.28. The van der Waals surface area contributed by atoms with Gasteiger partial charge in [0.25, 0.3) is 0 Å². The molecule has 0 fully saturated rings. The van der Waals surface area contributed by atoms with Gasteiger partial charge >= 0.3 is 5.97 Å². The van der Waals surface area contributed by atoms with Gasteiger partial charge in [-0.1, -0.05) is 12.1 Å². The molecule has 1 N–H and O–H groups in total. The molecule has 0 radical (unpaired) electrons. The first-order valence-electron chi connectivity index (χ1n) is 5.04. The summed E-state index contributed by atoms with van der Waals surface area (Å²) >= 11 is 0. The number of nitriles is 1. The fourth-order valence-electron chi connectivity index (χ4n) is 1.46. The molecule has 0 bridgehead atoms. The first-order valence-corrected chi connectivity index (χ1v) is 5.04. The molecule has 0 aromatic heterocycles. The molecule has 0 aliphatic heterocycles. The van der Waals surface area contributed by atoms with Gasteiger partial charge in [-0.2, -0.15) is 5.26 Å². The summed E-state index contributed by atoms with van der Waals surface area (Å²) < 4.78 is 5.02. The molecular formula is C13H13NO3. The van der Waals surface area contributed by atoms with Crippen molar-refractivity contribution in [2.24, 2.45) is 0 Å². The smallest absolute Gasteiger partial charge is 0.332 e. The second-order valence-electron chi connectivity index (χ2n) is 3.47. The molecule has 0 unspecified atom stereocenters. The van der Waals surface area contributed by atoms with Gasteiger partial charge in [0.1, 0.15) is 5.75 Å². The second-order valence-corrected chi connectivity index (χ2v) is 3.47. The minimum Gasteiger partial charge on any atom is -0.497 e. The molecule has 0 aliphatic carbocycles. The Kier molecular flexibility index (Phi) is 4.29. The van der Waals surface area contributed by atoms with E-state index in [0.29, 0.717) is 11.3 Å². The highest BCUT2D eigenvalue weighted by molar-refractivity contribution is 5.96. The third kappa shape index (κ3) is 3.08. The highest BCUT2D eigenvalue weighted by atomic mass is 16.5. The summed E-state index contributed by atoms with van der Waals surface area (Å²) in [5.74, 6) is -0.349. The van der Waals surface area contributed by atoms with Crippen molar-refractivity contribution >= 4 is 11.5 Å². The van der Waals surface area contributed by atoms with Crippen LogP contribution in [0.4, 0.5) is 0 Å². The monoisotopic (exact) mass is 231 g/mol. The van der Waals surface area contributed by atoms with Crippen LogP contribution in [0.25, 0.3) is 5.57 Å².